The highest BCUT2D eigenvalue weighted by Gasteiger charge is 1.97. The molecule has 0 aliphatic heterocycles. The molecule has 0 radical (unpaired) electrons. The number of aromatic nitrogens is 1. The van der Waals surface area contributed by atoms with Gasteiger partial charge in [-0.1, -0.05) is 27.5 Å². The lowest BCUT2D eigenvalue weighted by atomic mass is 10.3. The summed E-state index contributed by atoms with van der Waals surface area (Å²) in [6.45, 7) is 0. The molecule has 0 bridgehead atoms. The Kier molecular flexibility index (Phi) is 2.51. The van der Waals surface area contributed by atoms with Crippen molar-refractivity contribution in [1.29, 1.82) is 0 Å². The summed E-state index contributed by atoms with van der Waals surface area (Å²) in [4.78, 5) is 3.99. The zero-order chi connectivity index (χ0) is 7.56. The van der Waals surface area contributed by atoms with Gasteiger partial charge in [0.25, 0.3) is 0 Å². The fourth-order valence-corrected chi connectivity index (χ4v) is 1.23. The van der Waals surface area contributed by atoms with Crippen molar-refractivity contribution in [2.24, 2.45) is 0 Å². The molecule has 1 heterocycles. The third-order valence-corrected chi connectivity index (χ3v) is 1.83. The van der Waals surface area contributed by atoms with Gasteiger partial charge in [-0.2, -0.15) is 0 Å². The standard InChI is InChI=1S/C6H6BrClN2/c7-2-6-5(9)1-4(8)3-10-6/h1,3H,2,9H2. The number of halogens is 2. The number of rotatable bonds is 1. The van der Waals surface area contributed by atoms with Crippen LogP contribution in [0.1, 0.15) is 5.69 Å². The lowest BCUT2D eigenvalue weighted by Crippen LogP contribution is -1.94. The van der Waals surface area contributed by atoms with E-state index < -0.39 is 0 Å². The van der Waals surface area contributed by atoms with Crippen molar-refractivity contribution in [2.45, 2.75) is 5.33 Å². The van der Waals surface area contributed by atoms with Gasteiger partial charge in [0, 0.05) is 11.5 Å². The second kappa shape index (κ2) is 3.21. The van der Waals surface area contributed by atoms with Crippen LogP contribution in [-0.2, 0) is 5.33 Å². The van der Waals surface area contributed by atoms with Gasteiger partial charge in [0.2, 0.25) is 0 Å². The smallest absolute Gasteiger partial charge is 0.0739 e. The molecule has 0 aliphatic carbocycles. The molecule has 0 fully saturated rings. The van der Waals surface area contributed by atoms with Gasteiger partial charge in [0.15, 0.2) is 0 Å². The molecule has 0 aromatic carbocycles. The molecule has 0 atom stereocenters. The van der Waals surface area contributed by atoms with Crippen molar-refractivity contribution in [2.75, 3.05) is 5.73 Å². The number of hydrogen-bond donors (Lipinski definition) is 1. The van der Waals surface area contributed by atoms with E-state index in [-0.39, 0.29) is 0 Å². The maximum Gasteiger partial charge on any atom is 0.0739 e. The highest BCUT2D eigenvalue weighted by molar-refractivity contribution is 9.08. The first-order valence-electron chi connectivity index (χ1n) is 2.70. The molecule has 1 aromatic heterocycles. The fraction of sp³-hybridized carbons (Fsp3) is 0.167. The average Bonchev–Trinajstić information content (AvgIpc) is 1.88. The Balaban J connectivity index is 3.07. The molecule has 0 aliphatic rings. The zero-order valence-electron chi connectivity index (χ0n) is 5.14. The predicted octanol–water partition coefficient (Wildman–Crippen LogP) is 2.21. The number of nitrogens with zero attached hydrogens (tertiary/aromatic N) is 1. The predicted molar refractivity (Wildman–Crippen MR) is 46.3 cm³/mol. The van der Waals surface area contributed by atoms with Gasteiger partial charge in [0.1, 0.15) is 0 Å². The number of alkyl halides is 1. The first-order chi connectivity index (χ1) is 4.74. The highest BCUT2D eigenvalue weighted by atomic mass is 79.9. The summed E-state index contributed by atoms with van der Waals surface area (Å²) in [5.74, 6) is 0. The van der Waals surface area contributed by atoms with Crippen LogP contribution in [0.3, 0.4) is 0 Å². The van der Waals surface area contributed by atoms with Gasteiger partial charge in [0.05, 0.1) is 16.4 Å². The van der Waals surface area contributed by atoms with E-state index in [0.29, 0.717) is 16.0 Å². The van der Waals surface area contributed by atoms with Crippen LogP contribution in [0, 0.1) is 0 Å². The Labute approximate surface area is 72.5 Å². The summed E-state index contributed by atoms with van der Waals surface area (Å²) in [5, 5.41) is 1.23. The van der Waals surface area contributed by atoms with Crippen LogP contribution >= 0.6 is 27.5 Å². The molecule has 54 valence electrons. The first kappa shape index (κ1) is 7.82. The minimum absolute atomic E-state index is 0.571. The van der Waals surface area contributed by atoms with Crippen molar-refractivity contribution in [1.82, 2.24) is 4.98 Å². The Bertz CT molecular complexity index is 239. The van der Waals surface area contributed by atoms with Crippen molar-refractivity contribution in [3.8, 4) is 0 Å². The molecule has 2 N–H and O–H groups in total. The van der Waals surface area contributed by atoms with E-state index in [2.05, 4.69) is 20.9 Å². The fourth-order valence-electron chi connectivity index (χ4n) is 0.595. The van der Waals surface area contributed by atoms with Crippen LogP contribution in [-0.4, -0.2) is 4.98 Å². The van der Waals surface area contributed by atoms with E-state index in [9.17, 15) is 0 Å². The van der Waals surface area contributed by atoms with Crippen LogP contribution < -0.4 is 5.73 Å². The number of pyridine rings is 1. The minimum Gasteiger partial charge on any atom is -0.397 e. The van der Waals surface area contributed by atoms with Crippen LogP contribution in [0.25, 0.3) is 0 Å². The third kappa shape index (κ3) is 1.61. The van der Waals surface area contributed by atoms with E-state index in [1.807, 2.05) is 0 Å². The molecule has 10 heavy (non-hydrogen) atoms. The Hall–Kier alpha value is -0.280. The second-order valence-electron chi connectivity index (χ2n) is 1.82. The molecule has 1 rings (SSSR count). The molecule has 2 nitrogen and oxygen atoms in total. The number of nitrogens with two attached hydrogens (primary N) is 1. The van der Waals surface area contributed by atoms with Crippen molar-refractivity contribution >= 4 is 33.2 Å². The second-order valence-corrected chi connectivity index (χ2v) is 2.82. The summed E-state index contributed by atoms with van der Waals surface area (Å²) >= 11 is 8.86. The summed E-state index contributed by atoms with van der Waals surface area (Å²) in [7, 11) is 0. The molecule has 1 aromatic rings. The van der Waals surface area contributed by atoms with Gasteiger partial charge >= 0.3 is 0 Å². The van der Waals surface area contributed by atoms with Gasteiger partial charge in [-0.25, -0.2) is 0 Å². The van der Waals surface area contributed by atoms with Crippen molar-refractivity contribution in [3.63, 3.8) is 0 Å². The Morgan fingerprint density at radius 1 is 1.70 bits per heavy atom. The maximum absolute atomic E-state index is 5.62. The molecule has 0 spiro atoms. The SMILES string of the molecule is Nc1cc(Cl)cnc1CBr. The van der Waals surface area contributed by atoms with E-state index in [0.717, 1.165) is 5.69 Å². The highest BCUT2D eigenvalue weighted by Crippen LogP contribution is 2.16. The number of nitrogen functional groups attached to an aromatic ring is 1. The van der Waals surface area contributed by atoms with Crippen molar-refractivity contribution in [3.05, 3.63) is 23.0 Å². The molecule has 0 saturated heterocycles. The van der Waals surface area contributed by atoms with E-state index >= 15 is 0 Å². The summed E-state index contributed by atoms with van der Waals surface area (Å²) in [6, 6.07) is 1.69. The normalized spacial score (nSPS) is 9.80. The lowest BCUT2D eigenvalue weighted by molar-refractivity contribution is 1.19. The third-order valence-electron chi connectivity index (χ3n) is 1.10. The maximum atomic E-state index is 5.62. The first-order valence-corrected chi connectivity index (χ1v) is 4.20. The summed E-state index contributed by atoms with van der Waals surface area (Å²) < 4.78 is 0. The largest absolute Gasteiger partial charge is 0.397 e. The van der Waals surface area contributed by atoms with Crippen LogP contribution in [0.4, 0.5) is 5.69 Å². The summed E-state index contributed by atoms with van der Waals surface area (Å²) in [5.41, 5.74) is 7.01. The van der Waals surface area contributed by atoms with Gasteiger partial charge in [-0.3, -0.25) is 4.98 Å². The minimum atomic E-state index is 0.571. The monoisotopic (exact) mass is 220 g/mol. The van der Waals surface area contributed by atoms with Crippen molar-refractivity contribution < 1.29 is 0 Å². The summed E-state index contributed by atoms with van der Waals surface area (Å²) in [6.07, 6.45) is 1.58. The quantitative estimate of drug-likeness (QED) is 0.739. The van der Waals surface area contributed by atoms with E-state index in [4.69, 9.17) is 17.3 Å². The van der Waals surface area contributed by atoms with Gasteiger partial charge < -0.3 is 5.73 Å². The van der Waals surface area contributed by atoms with Gasteiger partial charge in [-0.15, -0.1) is 0 Å². The Morgan fingerprint density at radius 3 is 2.90 bits per heavy atom. The molecule has 0 unspecified atom stereocenters. The van der Waals surface area contributed by atoms with E-state index in [1.165, 1.54) is 0 Å². The van der Waals surface area contributed by atoms with Gasteiger partial charge in [-0.05, 0) is 6.07 Å². The number of anilines is 1. The van der Waals surface area contributed by atoms with Crippen LogP contribution in [0.5, 0.6) is 0 Å². The molecule has 0 amide bonds. The molecule has 0 saturated carbocycles. The van der Waals surface area contributed by atoms with E-state index in [1.54, 1.807) is 12.3 Å². The lowest BCUT2D eigenvalue weighted by Gasteiger charge is -1.98. The molecular weight excluding hydrogens is 215 g/mol. The number of hydrogen-bond acceptors (Lipinski definition) is 2. The zero-order valence-corrected chi connectivity index (χ0v) is 7.48. The topological polar surface area (TPSA) is 38.9 Å². The molecular formula is C6H6BrClN2. The van der Waals surface area contributed by atoms with Crippen LogP contribution in [0.15, 0.2) is 12.3 Å². The van der Waals surface area contributed by atoms with Crippen LogP contribution in [0.2, 0.25) is 5.02 Å². The Morgan fingerprint density at radius 2 is 2.40 bits per heavy atom. The molecule has 4 heteroatoms. The average molecular weight is 221 g/mol.